The van der Waals surface area contributed by atoms with Crippen molar-refractivity contribution < 1.29 is 12.8 Å². The van der Waals surface area contributed by atoms with Gasteiger partial charge in [0.15, 0.2) is 0 Å². The first-order valence-corrected chi connectivity index (χ1v) is 11.0. The smallest absolute Gasteiger partial charge is 0.240 e. The van der Waals surface area contributed by atoms with Crippen LogP contribution in [0.1, 0.15) is 35.2 Å². The monoisotopic (exact) mass is 398 g/mol. The van der Waals surface area contributed by atoms with Gasteiger partial charge in [0.05, 0.1) is 18.0 Å². The summed E-state index contributed by atoms with van der Waals surface area (Å²) in [4.78, 5) is 0.306. The first-order valence-electron chi connectivity index (χ1n) is 9.52. The van der Waals surface area contributed by atoms with Gasteiger partial charge in [0.2, 0.25) is 10.0 Å². The summed E-state index contributed by atoms with van der Waals surface area (Å²) in [6.45, 7) is 0.510. The third-order valence-corrected chi connectivity index (χ3v) is 6.69. The van der Waals surface area contributed by atoms with Gasteiger partial charge in [-0.3, -0.25) is 0 Å². The Bertz CT molecular complexity index is 1090. The summed E-state index contributed by atoms with van der Waals surface area (Å²) in [5, 5.41) is 0. The van der Waals surface area contributed by atoms with Crippen molar-refractivity contribution in [2.24, 2.45) is 0 Å². The second kappa shape index (κ2) is 7.89. The molecule has 0 bridgehead atoms. The largest absolute Gasteiger partial charge is 0.346 e. The lowest BCUT2D eigenvalue weighted by atomic mass is 9.92. The van der Waals surface area contributed by atoms with E-state index in [4.69, 9.17) is 0 Å². The molecule has 0 spiro atoms. The van der Waals surface area contributed by atoms with Crippen LogP contribution in [0.3, 0.4) is 0 Å². The van der Waals surface area contributed by atoms with Crippen molar-refractivity contribution >= 4 is 10.0 Å². The highest BCUT2D eigenvalue weighted by atomic mass is 32.2. The highest BCUT2D eigenvalue weighted by molar-refractivity contribution is 7.89. The van der Waals surface area contributed by atoms with E-state index in [1.807, 2.05) is 29.0 Å². The van der Waals surface area contributed by atoms with Gasteiger partial charge in [-0.25, -0.2) is 17.5 Å². The van der Waals surface area contributed by atoms with Crippen molar-refractivity contribution in [3.05, 3.63) is 89.0 Å². The molecule has 1 aliphatic rings. The number of aryl methyl sites for hydroxylation is 2. The molecule has 146 valence electrons. The zero-order chi connectivity index (χ0) is 19.6. The zero-order valence-electron chi connectivity index (χ0n) is 15.6. The minimum Gasteiger partial charge on any atom is -0.346 e. The number of benzene rings is 2. The zero-order valence-corrected chi connectivity index (χ0v) is 16.4. The summed E-state index contributed by atoms with van der Waals surface area (Å²) < 4.78 is 44.0. The molecule has 0 atom stereocenters. The maximum atomic E-state index is 13.9. The average Bonchev–Trinajstić information content (AvgIpc) is 3.15. The fourth-order valence-electron chi connectivity index (χ4n) is 3.70. The number of hydrogen-bond donors (Lipinski definition) is 1. The molecule has 0 saturated heterocycles. The summed E-state index contributed by atoms with van der Waals surface area (Å²) >= 11 is 0. The summed E-state index contributed by atoms with van der Waals surface area (Å²) in [7, 11) is -3.61. The summed E-state index contributed by atoms with van der Waals surface area (Å²) in [5.74, 6) is -0.267. The van der Waals surface area contributed by atoms with Gasteiger partial charge in [0.1, 0.15) is 5.82 Å². The number of sulfonamides is 1. The standard InChI is InChI=1S/C22H23FN2O2S/c23-22-10-4-3-8-19(22)16-25-13-5-9-20(25)15-24-28(26,27)21-12-11-17-6-1-2-7-18(17)14-21/h3-5,8-14,24H,1-2,6-7,15-16H2. The topological polar surface area (TPSA) is 51.1 Å². The van der Waals surface area contributed by atoms with Crippen molar-refractivity contribution in [3.63, 3.8) is 0 Å². The minimum absolute atomic E-state index is 0.154. The molecular formula is C22H23FN2O2S. The maximum Gasteiger partial charge on any atom is 0.240 e. The van der Waals surface area contributed by atoms with E-state index in [0.29, 0.717) is 17.0 Å². The van der Waals surface area contributed by atoms with Crippen LogP contribution in [0.2, 0.25) is 0 Å². The molecular weight excluding hydrogens is 375 g/mol. The van der Waals surface area contributed by atoms with Crippen molar-refractivity contribution in [1.29, 1.82) is 0 Å². The van der Waals surface area contributed by atoms with Crippen LogP contribution >= 0.6 is 0 Å². The molecule has 2 aromatic carbocycles. The average molecular weight is 399 g/mol. The molecule has 0 aliphatic heterocycles. The van der Waals surface area contributed by atoms with E-state index in [1.165, 1.54) is 11.6 Å². The van der Waals surface area contributed by atoms with Gasteiger partial charge in [0.25, 0.3) is 0 Å². The minimum atomic E-state index is -3.61. The van der Waals surface area contributed by atoms with Crippen LogP contribution in [0.25, 0.3) is 0 Å². The number of aromatic nitrogens is 1. The van der Waals surface area contributed by atoms with Gasteiger partial charge >= 0.3 is 0 Å². The Morgan fingerprint density at radius 3 is 2.57 bits per heavy atom. The van der Waals surface area contributed by atoms with Crippen LogP contribution < -0.4 is 4.72 Å². The van der Waals surface area contributed by atoms with E-state index in [9.17, 15) is 12.8 Å². The quantitative estimate of drug-likeness (QED) is 0.682. The van der Waals surface area contributed by atoms with Gasteiger partial charge in [-0.2, -0.15) is 0 Å². The predicted molar refractivity (Wildman–Crippen MR) is 107 cm³/mol. The number of halogens is 1. The van der Waals surface area contributed by atoms with E-state index < -0.39 is 10.0 Å². The highest BCUT2D eigenvalue weighted by Crippen LogP contribution is 2.24. The Morgan fingerprint density at radius 1 is 0.964 bits per heavy atom. The maximum absolute atomic E-state index is 13.9. The van der Waals surface area contributed by atoms with Crippen LogP contribution in [0.4, 0.5) is 4.39 Å². The van der Waals surface area contributed by atoms with Gasteiger partial charge < -0.3 is 4.57 Å². The fraction of sp³-hybridized carbons (Fsp3) is 0.273. The molecule has 3 aromatic rings. The van der Waals surface area contributed by atoms with Gasteiger partial charge in [-0.1, -0.05) is 24.3 Å². The molecule has 28 heavy (non-hydrogen) atoms. The number of fused-ring (bicyclic) bond motifs is 1. The normalized spacial score (nSPS) is 14.0. The predicted octanol–water partition coefficient (Wildman–Crippen LogP) is 4.03. The van der Waals surface area contributed by atoms with E-state index in [0.717, 1.165) is 36.9 Å². The first kappa shape index (κ1) is 18.9. The van der Waals surface area contributed by atoms with Crippen molar-refractivity contribution in [1.82, 2.24) is 9.29 Å². The molecule has 0 amide bonds. The lowest BCUT2D eigenvalue weighted by Gasteiger charge is -2.17. The Labute approximate surface area is 165 Å². The summed E-state index contributed by atoms with van der Waals surface area (Å²) in [5.41, 5.74) is 3.74. The van der Waals surface area contributed by atoms with Crippen molar-refractivity contribution in [3.8, 4) is 0 Å². The number of rotatable bonds is 6. The van der Waals surface area contributed by atoms with Crippen molar-refractivity contribution in [2.75, 3.05) is 0 Å². The third kappa shape index (κ3) is 4.03. The SMILES string of the molecule is O=S(=O)(NCc1cccn1Cc1ccccc1F)c1ccc2c(c1)CCCC2. The molecule has 4 nitrogen and oxygen atoms in total. The Balaban J connectivity index is 1.49. The van der Waals surface area contributed by atoms with E-state index in [2.05, 4.69) is 4.72 Å². The molecule has 0 radical (unpaired) electrons. The molecule has 4 rings (SSSR count). The second-order valence-corrected chi connectivity index (χ2v) is 8.95. The molecule has 6 heteroatoms. The molecule has 0 fully saturated rings. The Morgan fingerprint density at radius 2 is 1.75 bits per heavy atom. The van der Waals surface area contributed by atoms with Crippen LogP contribution in [0.15, 0.2) is 65.7 Å². The Hall–Kier alpha value is -2.44. The van der Waals surface area contributed by atoms with Crippen LogP contribution in [0.5, 0.6) is 0 Å². The lowest BCUT2D eigenvalue weighted by Crippen LogP contribution is -2.25. The molecule has 1 aromatic heterocycles. The van der Waals surface area contributed by atoms with Gasteiger partial charge in [-0.05, 0) is 67.1 Å². The highest BCUT2D eigenvalue weighted by Gasteiger charge is 2.18. The number of nitrogens with zero attached hydrogens (tertiary/aromatic N) is 1. The first-order chi connectivity index (χ1) is 13.5. The Kier molecular flexibility index (Phi) is 5.33. The van der Waals surface area contributed by atoms with E-state index in [-0.39, 0.29) is 12.4 Å². The molecule has 0 saturated carbocycles. The molecule has 1 N–H and O–H groups in total. The molecule has 1 heterocycles. The number of hydrogen-bond acceptors (Lipinski definition) is 2. The van der Waals surface area contributed by atoms with Gasteiger partial charge in [0, 0.05) is 17.5 Å². The summed E-state index contributed by atoms with van der Waals surface area (Å²) in [6.07, 6.45) is 6.05. The van der Waals surface area contributed by atoms with Crippen LogP contribution in [-0.2, 0) is 36.0 Å². The fourth-order valence-corrected chi connectivity index (χ4v) is 4.75. The number of nitrogens with one attached hydrogen (secondary N) is 1. The van der Waals surface area contributed by atoms with E-state index in [1.54, 1.807) is 30.3 Å². The molecule has 0 unspecified atom stereocenters. The molecule has 1 aliphatic carbocycles. The van der Waals surface area contributed by atoms with Crippen molar-refractivity contribution in [2.45, 2.75) is 43.7 Å². The second-order valence-electron chi connectivity index (χ2n) is 7.18. The van der Waals surface area contributed by atoms with Crippen LogP contribution in [-0.4, -0.2) is 13.0 Å². The summed E-state index contributed by atoms with van der Waals surface area (Å²) in [6, 6.07) is 15.7. The van der Waals surface area contributed by atoms with E-state index >= 15 is 0 Å². The lowest BCUT2D eigenvalue weighted by molar-refractivity contribution is 0.574. The third-order valence-electron chi connectivity index (χ3n) is 5.30. The van der Waals surface area contributed by atoms with Gasteiger partial charge in [-0.15, -0.1) is 0 Å². The van der Waals surface area contributed by atoms with Crippen LogP contribution in [0, 0.1) is 5.82 Å².